The van der Waals surface area contributed by atoms with Crippen molar-refractivity contribution in [3.8, 4) is 0 Å². The lowest BCUT2D eigenvalue weighted by atomic mass is 10.2. The fourth-order valence-electron chi connectivity index (χ4n) is 4.58. The summed E-state index contributed by atoms with van der Waals surface area (Å²) in [7, 11) is -2.91. The van der Waals surface area contributed by atoms with Crippen LogP contribution in [-0.2, 0) is 18.7 Å². The Bertz CT molecular complexity index is 936. The van der Waals surface area contributed by atoms with Crippen LogP contribution in [0.1, 0.15) is 54.4 Å². The zero-order valence-corrected chi connectivity index (χ0v) is 22.9. The Kier molecular flexibility index (Phi) is 8.44. The predicted octanol–water partition coefficient (Wildman–Crippen LogP) is 4.51. The standard InChI is InChI=1S/C28H39NO5Si/c1-27(2,3)34-25(30)24(33-26(31)29-19-13-14-20-29)21-32-35(28(4,5)6,22-15-9-7-10-16-22)23-17-11-8-12-18-23/h7-12,15-18,24H,13-14,19-21H2,1-6H3/t24-/m1/s1. The largest absolute Gasteiger partial charge is 0.457 e. The summed E-state index contributed by atoms with van der Waals surface area (Å²) in [5.74, 6) is -0.594. The highest BCUT2D eigenvalue weighted by Gasteiger charge is 2.51. The van der Waals surface area contributed by atoms with Gasteiger partial charge < -0.3 is 18.8 Å². The number of nitrogens with zero attached hydrogens (tertiary/aromatic N) is 1. The molecule has 0 radical (unpaired) electrons. The van der Waals surface area contributed by atoms with Gasteiger partial charge in [-0.2, -0.15) is 0 Å². The molecule has 1 atom stereocenters. The van der Waals surface area contributed by atoms with Crippen LogP contribution in [0, 0.1) is 0 Å². The molecule has 1 heterocycles. The highest BCUT2D eigenvalue weighted by Crippen LogP contribution is 2.37. The summed E-state index contributed by atoms with van der Waals surface area (Å²) in [5.41, 5.74) is -0.715. The summed E-state index contributed by atoms with van der Waals surface area (Å²) in [6.45, 7) is 13.1. The Morgan fingerprint density at radius 2 is 1.34 bits per heavy atom. The number of amides is 1. The Morgan fingerprint density at radius 3 is 1.77 bits per heavy atom. The molecule has 2 aromatic rings. The van der Waals surface area contributed by atoms with Crippen LogP contribution in [0.15, 0.2) is 60.7 Å². The summed E-state index contributed by atoms with van der Waals surface area (Å²) < 4.78 is 18.2. The number of rotatable bonds is 7. The van der Waals surface area contributed by atoms with E-state index in [1.54, 1.807) is 25.7 Å². The summed E-state index contributed by atoms with van der Waals surface area (Å²) in [5, 5.41) is 1.91. The van der Waals surface area contributed by atoms with Crippen LogP contribution in [0.4, 0.5) is 4.79 Å². The Labute approximate surface area is 210 Å². The monoisotopic (exact) mass is 497 g/mol. The number of esters is 1. The van der Waals surface area contributed by atoms with Crippen molar-refractivity contribution in [1.29, 1.82) is 0 Å². The molecule has 1 aliphatic heterocycles. The van der Waals surface area contributed by atoms with Gasteiger partial charge in [-0.3, -0.25) is 0 Å². The summed E-state index contributed by atoms with van der Waals surface area (Å²) in [4.78, 5) is 27.6. The lowest BCUT2D eigenvalue weighted by Crippen LogP contribution is -2.67. The van der Waals surface area contributed by atoms with Crippen molar-refractivity contribution in [2.45, 2.75) is 71.1 Å². The number of ether oxygens (including phenoxy) is 2. The maximum atomic E-state index is 13.2. The Hall–Kier alpha value is -2.64. The van der Waals surface area contributed by atoms with E-state index in [0.717, 1.165) is 23.2 Å². The van der Waals surface area contributed by atoms with Gasteiger partial charge in [0.15, 0.2) is 0 Å². The third-order valence-corrected chi connectivity index (χ3v) is 11.1. The molecule has 2 aromatic carbocycles. The van der Waals surface area contributed by atoms with Crippen molar-refractivity contribution < 1.29 is 23.5 Å². The van der Waals surface area contributed by atoms with E-state index in [2.05, 4.69) is 45.0 Å². The van der Waals surface area contributed by atoms with Crippen LogP contribution in [0.2, 0.25) is 5.04 Å². The van der Waals surface area contributed by atoms with E-state index in [9.17, 15) is 9.59 Å². The first-order valence-corrected chi connectivity index (χ1v) is 14.3. The fraction of sp³-hybridized carbons (Fsp3) is 0.500. The second-order valence-corrected chi connectivity index (χ2v) is 15.4. The van der Waals surface area contributed by atoms with Gasteiger partial charge >= 0.3 is 12.1 Å². The Balaban J connectivity index is 1.98. The van der Waals surface area contributed by atoms with Gasteiger partial charge in [0, 0.05) is 13.1 Å². The van der Waals surface area contributed by atoms with Crippen molar-refractivity contribution in [1.82, 2.24) is 4.90 Å². The highest BCUT2D eigenvalue weighted by atomic mass is 28.4. The average Bonchev–Trinajstić information content (AvgIpc) is 3.33. The van der Waals surface area contributed by atoms with Gasteiger partial charge in [0.25, 0.3) is 8.32 Å². The molecule has 1 aliphatic rings. The van der Waals surface area contributed by atoms with Crippen LogP contribution < -0.4 is 10.4 Å². The molecular formula is C28H39NO5Si. The van der Waals surface area contributed by atoms with Crippen LogP contribution in [0.25, 0.3) is 0 Å². The second-order valence-electron chi connectivity index (χ2n) is 11.1. The van der Waals surface area contributed by atoms with Gasteiger partial charge in [-0.25, -0.2) is 9.59 Å². The number of hydrogen-bond donors (Lipinski definition) is 0. The average molecular weight is 498 g/mol. The molecule has 7 heteroatoms. The molecule has 35 heavy (non-hydrogen) atoms. The zero-order chi connectivity index (χ0) is 25.7. The topological polar surface area (TPSA) is 65.1 Å². The minimum Gasteiger partial charge on any atom is -0.457 e. The van der Waals surface area contributed by atoms with E-state index in [0.29, 0.717) is 13.1 Å². The number of hydrogen-bond acceptors (Lipinski definition) is 5. The molecule has 0 bridgehead atoms. The molecule has 0 aromatic heterocycles. The van der Waals surface area contributed by atoms with E-state index >= 15 is 0 Å². The molecule has 0 aliphatic carbocycles. The quantitative estimate of drug-likeness (QED) is 0.416. The van der Waals surface area contributed by atoms with E-state index in [1.807, 2.05) is 36.4 Å². The minimum atomic E-state index is -2.91. The van der Waals surface area contributed by atoms with Crippen molar-refractivity contribution in [2.75, 3.05) is 19.7 Å². The number of carbonyl (C=O) groups excluding carboxylic acids is 2. The van der Waals surface area contributed by atoms with Crippen molar-refractivity contribution in [3.63, 3.8) is 0 Å². The van der Waals surface area contributed by atoms with Gasteiger partial charge in [0.05, 0.1) is 6.61 Å². The fourth-order valence-corrected chi connectivity index (χ4v) is 9.13. The number of benzene rings is 2. The first-order valence-electron chi connectivity index (χ1n) is 12.4. The molecule has 0 saturated carbocycles. The first kappa shape index (κ1) is 27.0. The van der Waals surface area contributed by atoms with Crippen LogP contribution in [0.3, 0.4) is 0 Å². The SMILES string of the molecule is CC(C)(C)OC(=O)[C@@H](CO[Si](c1ccccc1)(c1ccccc1)C(C)(C)C)OC(=O)N1CCCC1. The second kappa shape index (κ2) is 11.0. The predicted molar refractivity (Wildman–Crippen MR) is 140 cm³/mol. The molecule has 6 nitrogen and oxygen atoms in total. The maximum Gasteiger partial charge on any atom is 0.410 e. The summed E-state index contributed by atoms with van der Waals surface area (Å²) >= 11 is 0. The maximum absolute atomic E-state index is 13.2. The van der Waals surface area contributed by atoms with Crippen molar-refractivity contribution in [2.24, 2.45) is 0 Å². The van der Waals surface area contributed by atoms with E-state index in [1.165, 1.54) is 0 Å². The van der Waals surface area contributed by atoms with E-state index in [4.69, 9.17) is 13.9 Å². The molecule has 0 spiro atoms. The van der Waals surface area contributed by atoms with E-state index in [-0.39, 0.29) is 11.6 Å². The molecule has 1 fully saturated rings. The molecular weight excluding hydrogens is 458 g/mol. The van der Waals surface area contributed by atoms with Gasteiger partial charge in [-0.1, -0.05) is 81.4 Å². The highest BCUT2D eigenvalue weighted by molar-refractivity contribution is 6.99. The van der Waals surface area contributed by atoms with Gasteiger partial charge in [0.1, 0.15) is 5.60 Å². The summed E-state index contributed by atoms with van der Waals surface area (Å²) in [6.07, 6.45) is 0.212. The van der Waals surface area contributed by atoms with Crippen molar-refractivity contribution in [3.05, 3.63) is 60.7 Å². The third kappa shape index (κ3) is 6.52. The molecule has 0 unspecified atom stereocenters. The number of carbonyl (C=O) groups is 2. The first-order chi connectivity index (χ1) is 16.4. The minimum absolute atomic E-state index is 0.0816. The summed E-state index contributed by atoms with van der Waals surface area (Å²) in [6, 6.07) is 20.3. The molecule has 1 saturated heterocycles. The lowest BCUT2D eigenvalue weighted by Gasteiger charge is -2.43. The van der Waals surface area contributed by atoms with Crippen LogP contribution >= 0.6 is 0 Å². The molecule has 0 N–H and O–H groups in total. The van der Waals surface area contributed by atoms with Crippen molar-refractivity contribution >= 4 is 30.8 Å². The Morgan fingerprint density at radius 1 is 0.857 bits per heavy atom. The van der Waals surface area contributed by atoms with Gasteiger partial charge in [-0.15, -0.1) is 0 Å². The normalized spacial score (nSPS) is 15.5. The molecule has 3 rings (SSSR count). The smallest absolute Gasteiger partial charge is 0.410 e. The van der Waals surface area contributed by atoms with E-state index < -0.39 is 32.1 Å². The molecule has 1 amide bonds. The third-order valence-electron chi connectivity index (χ3n) is 6.15. The van der Waals surface area contributed by atoms with Gasteiger partial charge in [-0.05, 0) is 49.0 Å². The lowest BCUT2D eigenvalue weighted by molar-refractivity contribution is -0.167. The zero-order valence-electron chi connectivity index (χ0n) is 21.9. The van der Waals surface area contributed by atoms with Gasteiger partial charge in [0.2, 0.25) is 6.10 Å². The van der Waals surface area contributed by atoms with Crippen LogP contribution in [-0.4, -0.2) is 56.7 Å². The van der Waals surface area contributed by atoms with Crippen LogP contribution in [0.5, 0.6) is 0 Å². The number of likely N-dealkylation sites (tertiary alicyclic amines) is 1. The molecule has 190 valence electrons.